The van der Waals surface area contributed by atoms with Gasteiger partial charge in [0.05, 0.1) is 6.61 Å². The number of ether oxygens (including phenoxy) is 1. The van der Waals surface area contributed by atoms with Crippen molar-refractivity contribution in [3.8, 4) is 0 Å². The second-order valence-corrected chi connectivity index (χ2v) is 3.47. The monoisotopic (exact) mass is 162 g/mol. The van der Waals surface area contributed by atoms with Crippen LogP contribution in [-0.4, -0.2) is 13.2 Å². The molecular weight excluding hydrogens is 148 g/mol. The summed E-state index contributed by atoms with van der Waals surface area (Å²) in [6.45, 7) is 3.95. The fraction of sp³-hybridized carbons (Fsp3) is 0.455. The molecule has 12 heavy (non-hydrogen) atoms. The lowest BCUT2D eigenvalue weighted by atomic mass is 9.98. The van der Waals surface area contributed by atoms with Crippen molar-refractivity contribution in [2.24, 2.45) is 0 Å². The molecule has 1 atom stereocenters. The van der Waals surface area contributed by atoms with E-state index in [1.807, 2.05) is 0 Å². The summed E-state index contributed by atoms with van der Waals surface area (Å²) in [6, 6.07) is 8.78. The Morgan fingerprint density at radius 3 is 2.58 bits per heavy atom. The molecule has 0 saturated carbocycles. The van der Waals surface area contributed by atoms with Gasteiger partial charge in [-0.15, -0.1) is 0 Å². The van der Waals surface area contributed by atoms with Crippen LogP contribution < -0.4 is 0 Å². The molecule has 1 heterocycles. The van der Waals surface area contributed by atoms with E-state index in [4.69, 9.17) is 4.74 Å². The molecule has 0 bridgehead atoms. The van der Waals surface area contributed by atoms with E-state index in [0.717, 1.165) is 13.2 Å². The van der Waals surface area contributed by atoms with Crippen LogP contribution in [0.2, 0.25) is 0 Å². The Morgan fingerprint density at radius 1 is 1.25 bits per heavy atom. The minimum Gasteiger partial charge on any atom is -0.381 e. The third-order valence-electron chi connectivity index (χ3n) is 2.48. The molecule has 1 fully saturated rings. The second-order valence-electron chi connectivity index (χ2n) is 3.47. The summed E-state index contributed by atoms with van der Waals surface area (Å²) in [5, 5.41) is 0. The largest absolute Gasteiger partial charge is 0.381 e. The average Bonchev–Trinajstić information content (AvgIpc) is 2.58. The zero-order chi connectivity index (χ0) is 8.39. The van der Waals surface area contributed by atoms with Gasteiger partial charge in [0.15, 0.2) is 0 Å². The van der Waals surface area contributed by atoms with E-state index in [2.05, 4.69) is 31.2 Å². The first-order chi connectivity index (χ1) is 5.86. The third-order valence-corrected chi connectivity index (χ3v) is 2.48. The Morgan fingerprint density at radius 2 is 2.00 bits per heavy atom. The van der Waals surface area contributed by atoms with Gasteiger partial charge < -0.3 is 4.74 Å². The van der Waals surface area contributed by atoms with Gasteiger partial charge in [0.25, 0.3) is 0 Å². The molecular formula is C11H14O. The molecule has 0 unspecified atom stereocenters. The summed E-state index contributed by atoms with van der Waals surface area (Å²) in [4.78, 5) is 0. The maximum absolute atomic E-state index is 5.34. The highest BCUT2D eigenvalue weighted by Crippen LogP contribution is 2.24. The molecule has 0 spiro atoms. The summed E-state index contributed by atoms with van der Waals surface area (Å²) in [5.41, 5.74) is 2.76. The Balaban J connectivity index is 2.17. The standard InChI is InChI=1S/C11H14O/c1-9-2-4-10(5-3-9)11-6-7-12-8-11/h2-5,11H,6-8H2,1H3/t11-/m1/s1. The maximum atomic E-state index is 5.34. The fourth-order valence-electron chi connectivity index (χ4n) is 1.64. The van der Waals surface area contributed by atoms with E-state index in [1.54, 1.807) is 0 Å². The first kappa shape index (κ1) is 7.81. The highest BCUT2D eigenvalue weighted by Gasteiger charge is 2.16. The highest BCUT2D eigenvalue weighted by molar-refractivity contribution is 5.24. The second kappa shape index (κ2) is 3.28. The van der Waals surface area contributed by atoms with Gasteiger partial charge in [0.1, 0.15) is 0 Å². The Kier molecular flexibility index (Phi) is 2.13. The van der Waals surface area contributed by atoms with Crippen LogP contribution in [0, 0.1) is 6.92 Å². The first-order valence-electron chi connectivity index (χ1n) is 4.50. The zero-order valence-corrected chi connectivity index (χ0v) is 7.42. The molecule has 0 amide bonds. The molecule has 1 aliphatic rings. The van der Waals surface area contributed by atoms with Crippen LogP contribution in [-0.2, 0) is 4.74 Å². The molecule has 1 aromatic carbocycles. The molecule has 0 aromatic heterocycles. The normalized spacial score (nSPS) is 22.9. The van der Waals surface area contributed by atoms with Crippen molar-refractivity contribution in [3.05, 3.63) is 35.4 Å². The summed E-state index contributed by atoms with van der Waals surface area (Å²) < 4.78 is 5.34. The third kappa shape index (κ3) is 1.51. The summed E-state index contributed by atoms with van der Waals surface area (Å²) in [5.74, 6) is 0.644. The van der Waals surface area contributed by atoms with Gasteiger partial charge in [0, 0.05) is 12.5 Å². The maximum Gasteiger partial charge on any atom is 0.0535 e. The van der Waals surface area contributed by atoms with Crippen molar-refractivity contribution in [2.75, 3.05) is 13.2 Å². The number of hydrogen-bond acceptors (Lipinski definition) is 1. The number of aryl methyl sites for hydroxylation is 1. The lowest BCUT2D eigenvalue weighted by Gasteiger charge is -2.07. The number of benzene rings is 1. The summed E-state index contributed by atoms with van der Waals surface area (Å²) in [6.07, 6.45) is 1.18. The van der Waals surface area contributed by atoms with E-state index in [9.17, 15) is 0 Å². The molecule has 1 aliphatic heterocycles. The van der Waals surface area contributed by atoms with E-state index in [-0.39, 0.29) is 0 Å². The van der Waals surface area contributed by atoms with Crippen LogP contribution in [0.25, 0.3) is 0 Å². The van der Waals surface area contributed by atoms with Crippen LogP contribution >= 0.6 is 0 Å². The van der Waals surface area contributed by atoms with Gasteiger partial charge in [-0.1, -0.05) is 29.8 Å². The molecule has 0 aliphatic carbocycles. The van der Waals surface area contributed by atoms with Gasteiger partial charge >= 0.3 is 0 Å². The van der Waals surface area contributed by atoms with Gasteiger partial charge in [-0.2, -0.15) is 0 Å². The Hall–Kier alpha value is -0.820. The Bertz CT molecular complexity index is 244. The molecule has 1 saturated heterocycles. The molecule has 2 rings (SSSR count). The van der Waals surface area contributed by atoms with Crippen LogP contribution in [0.3, 0.4) is 0 Å². The average molecular weight is 162 g/mol. The molecule has 64 valence electrons. The zero-order valence-electron chi connectivity index (χ0n) is 7.42. The topological polar surface area (TPSA) is 9.23 Å². The first-order valence-corrected chi connectivity index (χ1v) is 4.50. The Labute approximate surface area is 73.4 Å². The van der Waals surface area contributed by atoms with Crippen LogP contribution in [0.15, 0.2) is 24.3 Å². The van der Waals surface area contributed by atoms with Crippen molar-refractivity contribution in [2.45, 2.75) is 19.3 Å². The molecule has 1 heteroatoms. The minimum absolute atomic E-state index is 0.644. The van der Waals surface area contributed by atoms with E-state index in [1.165, 1.54) is 17.5 Å². The molecule has 1 nitrogen and oxygen atoms in total. The van der Waals surface area contributed by atoms with Crippen molar-refractivity contribution in [3.63, 3.8) is 0 Å². The van der Waals surface area contributed by atoms with Gasteiger partial charge in [-0.25, -0.2) is 0 Å². The van der Waals surface area contributed by atoms with E-state index < -0.39 is 0 Å². The molecule has 1 aromatic rings. The number of hydrogen-bond donors (Lipinski definition) is 0. The smallest absolute Gasteiger partial charge is 0.0535 e. The summed E-state index contributed by atoms with van der Waals surface area (Å²) >= 11 is 0. The van der Waals surface area contributed by atoms with Crippen LogP contribution in [0.4, 0.5) is 0 Å². The van der Waals surface area contributed by atoms with Crippen molar-refractivity contribution in [1.29, 1.82) is 0 Å². The predicted octanol–water partition coefficient (Wildman–Crippen LogP) is 2.50. The van der Waals surface area contributed by atoms with Crippen molar-refractivity contribution >= 4 is 0 Å². The molecule has 0 radical (unpaired) electrons. The number of rotatable bonds is 1. The lowest BCUT2D eigenvalue weighted by Crippen LogP contribution is -1.96. The van der Waals surface area contributed by atoms with E-state index >= 15 is 0 Å². The lowest BCUT2D eigenvalue weighted by molar-refractivity contribution is 0.194. The van der Waals surface area contributed by atoms with Crippen LogP contribution in [0.1, 0.15) is 23.5 Å². The quantitative estimate of drug-likeness (QED) is 0.616. The summed E-state index contributed by atoms with van der Waals surface area (Å²) in [7, 11) is 0. The van der Waals surface area contributed by atoms with Gasteiger partial charge in [-0.3, -0.25) is 0 Å². The predicted molar refractivity (Wildman–Crippen MR) is 49.4 cm³/mol. The van der Waals surface area contributed by atoms with Crippen molar-refractivity contribution < 1.29 is 4.74 Å². The molecule has 0 N–H and O–H groups in total. The van der Waals surface area contributed by atoms with Crippen LogP contribution in [0.5, 0.6) is 0 Å². The SMILES string of the molecule is Cc1ccc([C@@H]2CCOC2)cc1. The fourth-order valence-corrected chi connectivity index (χ4v) is 1.64. The van der Waals surface area contributed by atoms with Gasteiger partial charge in [0.2, 0.25) is 0 Å². The minimum atomic E-state index is 0.644. The van der Waals surface area contributed by atoms with Gasteiger partial charge in [-0.05, 0) is 18.9 Å². The van der Waals surface area contributed by atoms with E-state index in [0.29, 0.717) is 5.92 Å². The highest BCUT2D eigenvalue weighted by atomic mass is 16.5. The van der Waals surface area contributed by atoms with Crippen molar-refractivity contribution in [1.82, 2.24) is 0 Å².